The number of carboxylic acid groups (broad SMARTS) is 1. The molecule has 2 nitrogen and oxygen atoms in total. The summed E-state index contributed by atoms with van der Waals surface area (Å²) in [5.41, 5.74) is 0. The molecule has 0 aromatic carbocycles. The summed E-state index contributed by atoms with van der Waals surface area (Å²) in [4.78, 5) is 10.8. The van der Waals surface area contributed by atoms with Crippen molar-refractivity contribution < 1.29 is 23.1 Å². The van der Waals surface area contributed by atoms with Crippen molar-refractivity contribution in [2.75, 3.05) is 0 Å². The van der Waals surface area contributed by atoms with E-state index >= 15 is 0 Å². The van der Waals surface area contributed by atoms with Crippen LogP contribution in [0.2, 0.25) is 23.2 Å². The maximum Gasteiger partial charge on any atom is 0.392 e. The number of halogens is 3. The predicted octanol–water partition coefficient (Wildman–Crippen LogP) is 4.29. The molecule has 1 atom stereocenters. The molecule has 0 bridgehead atoms. The molecule has 0 rings (SSSR count). The van der Waals surface area contributed by atoms with Gasteiger partial charge in [-0.05, 0) is 5.04 Å². The van der Waals surface area contributed by atoms with E-state index in [1.165, 1.54) is 0 Å². The second-order valence-corrected chi connectivity index (χ2v) is 12.1. The van der Waals surface area contributed by atoms with Crippen LogP contribution >= 0.6 is 0 Å². The van der Waals surface area contributed by atoms with E-state index < -0.39 is 36.7 Å². The van der Waals surface area contributed by atoms with Crippen molar-refractivity contribution in [3.63, 3.8) is 0 Å². The molecule has 6 heteroatoms. The minimum absolute atomic E-state index is 0.521. The lowest BCUT2D eigenvalue weighted by molar-refractivity contribution is -0.174. The lowest BCUT2D eigenvalue weighted by atomic mass is 10.1. The van der Waals surface area contributed by atoms with Crippen LogP contribution in [0.1, 0.15) is 34.1 Å². The van der Waals surface area contributed by atoms with Crippen LogP contribution < -0.4 is 0 Å². The maximum absolute atomic E-state index is 13.3. The Bertz CT molecular complexity index is 305. The van der Waals surface area contributed by atoms with E-state index in [4.69, 9.17) is 5.11 Å². The summed E-state index contributed by atoms with van der Waals surface area (Å²) in [6.07, 6.45) is -5.35. The molecule has 0 aliphatic rings. The Morgan fingerprint density at radius 1 is 1.12 bits per heavy atom. The summed E-state index contributed by atoms with van der Waals surface area (Å²) in [6.45, 7) is 9.55. The van der Waals surface area contributed by atoms with Crippen LogP contribution in [-0.2, 0) is 4.79 Å². The van der Waals surface area contributed by atoms with Crippen LogP contribution in [0, 0.1) is 0 Å². The third kappa shape index (κ3) is 2.84. The van der Waals surface area contributed by atoms with Crippen molar-refractivity contribution in [1.29, 1.82) is 0 Å². The van der Waals surface area contributed by atoms with Gasteiger partial charge in [0.25, 0.3) is 0 Å². The second-order valence-electron chi connectivity index (χ2n) is 6.28. The Balaban J connectivity index is 5.73. The Morgan fingerprint density at radius 2 is 1.47 bits per heavy atom. The molecule has 102 valence electrons. The second kappa shape index (κ2) is 4.30. The Morgan fingerprint density at radius 3 is 1.65 bits per heavy atom. The van der Waals surface area contributed by atoms with Crippen molar-refractivity contribution in [2.24, 2.45) is 0 Å². The number of rotatable bonds is 3. The summed E-state index contributed by atoms with van der Waals surface area (Å²) in [6, 6.07) is 0. The smallest absolute Gasteiger partial charge is 0.392 e. The number of hydrogen-bond acceptors (Lipinski definition) is 1. The van der Waals surface area contributed by atoms with Gasteiger partial charge in [-0.3, -0.25) is 4.79 Å². The fourth-order valence-corrected chi connectivity index (χ4v) is 4.76. The first kappa shape index (κ1) is 16.5. The summed E-state index contributed by atoms with van der Waals surface area (Å²) < 4.78 is 39.8. The molecule has 0 saturated heterocycles. The lowest BCUT2D eigenvalue weighted by Crippen LogP contribution is -2.55. The molecule has 1 N–H and O–H groups in total. The highest BCUT2D eigenvalue weighted by Crippen LogP contribution is 2.61. The highest BCUT2D eigenvalue weighted by Gasteiger charge is 2.64. The van der Waals surface area contributed by atoms with Crippen LogP contribution in [0.4, 0.5) is 13.2 Å². The molecule has 0 saturated carbocycles. The third-order valence-electron chi connectivity index (χ3n) is 4.38. The SMILES string of the molecule is CC(C)(C)[Si](C)(C)C(C)(CC(=O)O)C(F)(F)F. The number of hydrogen-bond donors (Lipinski definition) is 1. The van der Waals surface area contributed by atoms with Gasteiger partial charge < -0.3 is 5.11 Å². The van der Waals surface area contributed by atoms with Crippen molar-refractivity contribution >= 4 is 14.0 Å². The molecule has 0 amide bonds. The molecule has 0 aromatic rings. The Labute approximate surface area is 101 Å². The van der Waals surface area contributed by atoms with E-state index in [1.807, 2.05) is 0 Å². The first-order valence-electron chi connectivity index (χ1n) is 5.45. The van der Waals surface area contributed by atoms with Gasteiger partial charge in [-0.25, -0.2) is 0 Å². The zero-order chi connectivity index (χ0) is 14.3. The average molecular weight is 270 g/mol. The number of carbonyl (C=O) groups is 1. The quantitative estimate of drug-likeness (QED) is 0.777. The normalized spacial score (nSPS) is 17.7. The molecule has 1 unspecified atom stereocenters. The van der Waals surface area contributed by atoms with E-state index in [-0.39, 0.29) is 0 Å². The Kier molecular flexibility index (Phi) is 4.16. The maximum atomic E-state index is 13.3. The fraction of sp³-hybridized carbons (Fsp3) is 0.909. The molecule has 17 heavy (non-hydrogen) atoms. The van der Waals surface area contributed by atoms with Crippen molar-refractivity contribution in [2.45, 2.75) is 63.5 Å². The molecule has 0 spiro atoms. The van der Waals surface area contributed by atoms with Crippen LogP contribution in [0.3, 0.4) is 0 Å². The highest BCUT2D eigenvalue weighted by atomic mass is 28.3. The first-order chi connectivity index (χ1) is 7.17. The predicted molar refractivity (Wildman–Crippen MR) is 63.9 cm³/mol. The fourth-order valence-electron chi connectivity index (χ4n) is 1.81. The van der Waals surface area contributed by atoms with Gasteiger partial charge in [0.05, 0.1) is 19.5 Å². The van der Waals surface area contributed by atoms with Gasteiger partial charge in [-0.1, -0.05) is 40.8 Å². The zero-order valence-corrected chi connectivity index (χ0v) is 12.2. The van der Waals surface area contributed by atoms with Crippen molar-refractivity contribution in [1.82, 2.24) is 0 Å². The minimum atomic E-state index is -4.49. The standard InChI is InChI=1S/C11H21F3O2Si/c1-9(2,3)17(5,6)10(4,7-8(15)16)11(12,13)14/h7H2,1-6H3,(H,15,16). The van der Waals surface area contributed by atoms with Gasteiger partial charge in [0.2, 0.25) is 0 Å². The largest absolute Gasteiger partial charge is 0.481 e. The third-order valence-corrected chi connectivity index (χ3v) is 11.4. The molecule has 0 heterocycles. The van der Waals surface area contributed by atoms with E-state index in [0.29, 0.717) is 0 Å². The molecule has 0 aliphatic carbocycles. The average Bonchev–Trinajstić information content (AvgIpc) is 1.97. The minimum Gasteiger partial charge on any atom is -0.481 e. The molecule has 0 radical (unpaired) electrons. The molecule has 0 aliphatic heterocycles. The van der Waals surface area contributed by atoms with Crippen LogP contribution in [0.25, 0.3) is 0 Å². The van der Waals surface area contributed by atoms with E-state index in [9.17, 15) is 18.0 Å². The van der Waals surface area contributed by atoms with E-state index in [2.05, 4.69) is 0 Å². The highest BCUT2D eigenvalue weighted by molar-refractivity contribution is 6.83. The summed E-state index contributed by atoms with van der Waals surface area (Å²) >= 11 is 0. The lowest BCUT2D eigenvalue weighted by Gasteiger charge is -2.50. The molecular weight excluding hydrogens is 249 g/mol. The monoisotopic (exact) mass is 270 g/mol. The number of aliphatic carboxylic acids is 1. The summed E-state index contributed by atoms with van der Waals surface area (Å²) in [5.74, 6) is -1.39. The van der Waals surface area contributed by atoms with Crippen LogP contribution in [-0.4, -0.2) is 25.3 Å². The zero-order valence-electron chi connectivity index (χ0n) is 11.2. The van der Waals surface area contributed by atoms with Gasteiger partial charge >= 0.3 is 12.1 Å². The Hall–Kier alpha value is -0.523. The van der Waals surface area contributed by atoms with Crippen LogP contribution in [0.5, 0.6) is 0 Å². The van der Waals surface area contributed by atoms with Gasteiger partial charge in [0.1, 0.15) is 0 Å². The van der Waals surface area contributed by atoms with Crippen molar-refractivity contribution in [3.8, 4) is 0 Å². The summed E-state index contributed by atoms with van der Waals surface area (Å²) in [5, 5.41) is 6.12. The van der Waals surface area contributed by atoms with Crippen LogP contribution in [0.15, 0.2) is 0 Å². The van der Waals surface area contributed by atoms with Gasteiger partial charge in [0, 0.05) is 0 Å². The molecular formula is C11H21F3O2Si. The van der Waals surface area contributed by atoms with E-state index in [0.717, 1.165) is 6.92 Å². The molecule has 0 aromatic heterocycles. The van der Waals surface area contributed by atoms with Crippen molar-refractivity contribution in [3.05, 3.63) is 0 Å². The van der Waals surface area contributed by atoms with Gasteiger partial charge in [0.15, 0.2) is 0 Å². The number of alkyl halides is 3. The number of carboxylic acids is 1. The van der Waals surface area contributed by atoms with E-state index in [1.54, 1.807) is 33.9 Å². The topological polar surface area (TPSA) is 37.3 Å². The van der Waals surface area contributed by atoms with Gasteiger partial charge in [-0.2, -0.15) is 13.2 Å². The first-order valence-corrected chi connectivity index (χ1v) is 8.45. The van der Waals surface area contributed by atoms with Gasteiger partial charge in [-0.15, -0.1) is 0 Å². The molecule has 0 fully saturated rings. The summed E-state index contributed by atoms with van der Waals surface area (Å²) in [7, 11) is -2.86.